The number of carbonyl (C=O) groups is 1. The number of nitrogens with one attached hydrogen (secondary N) is 1. The van der Waals surface area contributed by atoms with Gasteiger partial charge in [-0.1, -0.05) is 48.5 Å². The molecule has 1 amide bonds. The van der Waals surface area contributed by atoms with Gasteiger partial charge in [0.15, 0.2) is 0 Å². The van der Waals surface area contributed by atoms with Gasteiger partial charge in [-0.2, -0.15) is 0 Å². The van der Waals surface area contributed by atoms with Crippen LogP contribution in [-0.4, -0.2) is 10.9 Å². The molecule has 1 aromatic heterocycles. The number of halogens is 1. The minimum Gasteiger partial charge on any atom is -0.346 e. The highest BCUT2D eigenvalue weighted by Gasteiger charge is 2.16. The van der Waals surface area contributed by atoms with Crippen molar-refractivity contribution in [2.24, 2.45) is 0 Å². The second-order valence-electron chi connectivity index (χ2n) is 4.67. The largest absolute Gasteiger partial charge is 0.346 e. The molecule has 0 saturated heterocycles. The maximum Gasteiger partial charge on any atom is 0.271 e. The van der Waals surface area contributed by atoms with Crippen LogP contribution in [0.15, 0.2) is 60.1 Å². The van der Waals surface area contributed by atoms with Crippen molar-refractivity contribution < 1.29 is 9.18 Å². The number of aromatic nitrogens is 1. The second-order valence-corrected chi connectivity index (χ2v) is 5.52. The van der Waals surface area contributed by atoms with Crippen molar-refractivity contribution in [2.45, 2.75) is 6.54 Å². The average molecular weight is 312 g/mol. The second kappa shape index (κ2) is 6.49. The monoisotopic (exact) mass is 312 g/mol. The van der Waals surface area contributed by atoms with Crippen molar-refractivity contribution in [3.05, 3.63) is 77.2 Å². The van der Waals surface area contributed by atoms with E-state index in [1.807, 2.05) is 30.3 Å². The van der Waals surface area contributed by atoms with Gasteiger partial charge >= 0.3 is 0 Å². The molecule has 3 rings (SSSR count). The molecule has 22 heavy (non-hydrogen) atoms. The third kappa shape index (κ3) is 3.04. The summed E-state index contributed by atoms with van der Waals surface area (Å²) in [7, 11) is 0. The summed E-state index contributed by atoms with van der Waals surface area (Å²) in [6, 6.07) is 16.0. The lowest BCUT2D eigenvalue weighted by Crippen LogP contribution is -2.24. The fourth-order valence-electron chi connectivity index (χ4n) is 2.10. The van der Waals surface area contributed by atoms with Crippen molar-refractivity contribution >= 4 is 17.2 Å². The highest BCUT2D eigenvalue weighted by Crippen LogP contribution is 2.27. The Hall–Kier alpha value is -2.53. The van der Waals surface area contributed by atoms with Crippen LogP contribution in [0.4, 0.5) is 4.39 Å². The number of hydrogen-bond donors (Lipinski definition) is 1. The zero-order chi connectivity index (χ0) is 15.4. The van der Waals surface area contributed by atoms with E-state index < -0.39 is 0 Å². The first-order chi connectivity index (χ1) is 10.8. The van der Waals surface area contributed by atoms with E-state index in [9.17, 15) is 9.18 Å². The van der Waals surface area contributed by atoms with Gasteiger partial charge in [-0.3, -0.25) is 4.79 Å². The summed E-state index contributed by atoms with van der Waals surface area (Å²) in [5.41, 5.74) is 3.40. The molecule has 2 aromatic carbocycles. The van der Waals surface area contributed by atoms with Crippen LogP contribution in [-0.2, 0) is 6.54 Å². The van der Waals surface area contributed by atoms with E-state index in [1.165, 1.54) is 17.4 Å². The van der Waals surface area contributed by atoms with E-state index >= 15 is 0 Å². The third-order valence-corrected chi connectivity index (χ3v) is 4.09. The molecule has 1 heterocycles. The van der Waals surface area contributed by atoms with E-state index in [4.69, 9.17) is 0 Å². The van der Waals surface area contributed by atoms with Gasteiger partial charge in [0.2, 0.25) is 0 Å². The normalized spacial score (nSPS) is 10.4. The molecule has 110 valence electrons. The summed E-state index contributed by atoms with van der Waals surface area (Å²) < 4.78 is 13.6. The van der Waals surface area contributed by atoms with Crippen molar-refractivity contribution in [2.75, 3.05) is 0 Å². The number of nitrogens with zero attached hydrogens (tertiary/aromatic N) is 1. The van der Waals surface area contributed by atoms with E-state index in [0.29, 0.717) is 11.3 Å². The molecule has 0 atom stereocenters. The summed E-state index contributed by atoms with van der Waals surface area (Å²) in [6.45, 7) is 0.136. The van der Waals surface area contributed by atoms with Gasteiger partial charge < -0.3 is 5.32 Å². The summed E-state index contributed by atoms with van der Waals surface area (Å²) in [5, 5.41) is 2.72. The van der Waals surface area contributed by atoms with Crippen molar-refractivity contribution in [3.8, 4) is 10.4 Å². The van der Waals surface area contributed by atoms with Gasteiger partial charge in [-0.15, -0.1) is 11.3 Å². The first kappa shape index (κ1) is 14.4. The topological polar surface area (TPSA) is 42.0 Å². The summed E-state index contributed by atoms with van der Waals surface area (Å²) in [5.74, 6) is -0.632. The van der Waals surface area contributed by atoms with E-state index in [-0.39, 0.29) is 18.3 Å². The molecule has 1 N–H and O–H groups in total. The quantitative estimate of drug-likeness (QED) is 0.794. The number of rotatable bonds is 4. The fraction of sp³-hybridized carbons (Fsp3) is 0.0588. The molecule has 0 spiro atoms. The molecule has 0 bridgehead atoms. The van der Waals surface area contributed by atoms with Crippen LogP contribution < -0.4 is 5.32 Å². The highest BCUT2D eigenvalue weighted by molar-refractivity contribution is 7.13. The van der Waals surface area contributed by atoms with Gasteiger partial charge in [-0.05, 0) is 11.6 Å². The molecule has 0 unspecified atom stereocenters. The molecule has 3 nitrogen and oxygen atoms in total. The lowest BCUT2D eigenvalue weighted by molar-refractivity contribution is 0.0947. The lowest BCUT2D eigenvalue weighted by atomic mass is 10.1. The first-order valence-corrected chi connectivity index (χ1v) is 7.64. The fourth-order valence-corrected chi connectivity index (χ4v) is 2.90. The number of thiazole rings is 1. The molecule has 0 aliphatic rings. The lowest BCUT2D eigenvalue weighted by Gasteiger charge is -2.06. The minimum atomic E-state index is -0.329. The van der Waals surface area contributed by atoms with E-state index in [0.717, 1.165) is 10.4 Å². The van der Waals surface area contributed by atoms with Gasteiger partial charge in [-0.25, -0.2) is 9.37 Å². The number of benzene rings is 2. The SMILES string of the molecule is O=C(NCc1ccccc1F)c1ncsc1-c1ccccc1. The Morgan fingerprint density at radius 2 is 1.82 bits per heavy atom. The Morgan fingerprint density at radius 1 is 1.09 bits per heavy atom. The van der Waals surface area contributed by atoms with Crippen LogP contribution in [0.2, 0.25) is 0 Å². The Bertz CT molecular complexity index is 786. The van der Waals surface area contributed by atoms with Crippen LogP contribution in [0.5, 0.6) is 0 Å². The summed E-state index contributed by atoms with van der Waals surface area (Å²) >= 11 is 1.41. The molecule has 0 saturated carbocycles. The van der Waals surface area contributed by atoms with Gasteiger partial charge in [0.1, 0.15) is 11.5 Å². The number of hydrogen-bond acceptors (Lipinski definition) is 3. The van der Waals surface area contributed by atoms with Gasteiger partial charge in [0, 0.05) is 12.1 Å². The van der Waals surface area contributed by atoms with Crippen LogP contribution in [0.25, 0.3) is 10.4 Å². The molecular formula is C17H13FN2OS. The van der Waals surface area contributed by atoms with Crippen molar-refractivity contribution in [1.82, 2.24) is 10.3 Å². The molecule has 5 heteroatoms. The predicted octanol–water partition coefficient (Wildman–Crippen LogP) is 3.88. The molecule has 0 radical (unpaired) electrons. The third-order valence-electron chi connectivity index (χ3n) is 3.22. The molecule has 0 aliphatic carbocycles. The van der Waals surface area contributed by atoms with Crippen LogP contribution in [0.1, 0.15) is 16.1 Å². The van der Waals surface area contributed by atoms with Gasteiger partial charge in [0.25, 0.3) is 5.91 Å². The zero-order valence-corrected chi connectivity index (χ0v) is 12.4. The van der Waals surface area contributed by atoms with Gasteiger partial charge in [0.05, 0.1) is 10.4 Å². The molecule has 3 aromatic rings. The molecule has 0 aliphatic heterocycles. The van der Waals surface area contributed by atoms with Crippen molar-refractivity contribution in [1.29, 1.82) is 0 Å². The maximum atomic E-state index is 13.6. The summed E-state index contributed by atoms with van der Waals surface area (Å²) in [6.07, 6.45) is 0. The Kier molecular flexibility index (Phi) is 4.25. The smallest absolute Gasteiger partial charge is 0.271 e. The Morgan fingerprint density at radius 3 is 2.59 bits per heavy atom. The van der Waals surface area contributed by atoms with Crippen molar-refractivity contribution in [3.63, 3.8) is 0 Å². The van der Waals surface area contributed by atoms with E-state index in [2.05, 4.69) is 10.3 Å². The van der Waals surface area contributed by atoms with E-state index in [1.54, 1.807) is 23.7 Å². The molecule has 0 fully saturated rings. The average Bonchev–Trinajstić information content (AvgIpc) is 3.04. The minimum absolute atomic E-state index is 0.136. The first-order valence-electron chi connectivity index (χ1n) is 6.76. The van der Waals surface area contributed by atoms with Crippen LogP contribution in [0, 0.1) is 5.82 Å². The number of amides is 1. The standard InChI is InChI=1S/C17H13FN2OS/c18-14-9-5-4-8-13(14)10-19-17(21)15-16(22-11-20-15)12-6-2-1-3-7-12/h1-9,11H,10H2,(H,19,21). The highest BCUT2D eigenvalue weighted by atomic mass is 32.1. The Labute approximate surface area is 131 Å². The number of carbonyl (C=O) groups excluding carboxylic acids is 1. The van der Waals surface area contributed by atoms with Crippen LogP contribution >= 0.6 is 11.3 Å². The molecular weight excluding hydrogens is 299 g/mol. The Balaban J connectivity index is 1.77. The maximum absolute atomic E-state index is 13.6. The predicted molar refractivity (Wildman–Crippen MR) is 85.1 cm³/mol. The zero-order valence-electron chi connectivity index (χ0n) is 11.6. The summed E-state index contributed by atoms with van der Waals surface area (Å²) in [4.78, 5) is 17.2. The van der Waals surface area contributed by atoms with Crippen LogP contribution in [0.3, 0.4) is 0 Å².